The number of carbonyl (C=O) groups is 3. The Balaban J connectivity index is 2.69. The zero-order valence-electron chi connectivity index (χ0n) is 42.2. The highest BCUT2D eigenvalue weighted by Gasteiger charge is 2.57. The molecular weight excluding hydrogens is 961 g/mol. The lowest BCUT2D eigenvalue weighted by Gasteiger charge is -2.31. The predicted molar refractivity (Wildman–Crippen MR) is 250 cm³/mol. The predicted octanol–water partition coefficient (Wildman–Crippen LogP) is 14.8. The van der Waals surface area contributed by atoms with Gasteiger partial charge in [-0.15, -0.1) is 0 Å². The van der Waals surface area contributed by atoms with Crippen molar-refractivity contribution in [1.29, 1.82) is 0 Å². The van der Waals surface area contributed by atoms with Crippen LogP contribution in [0.2, 0.25) is 0 Å². The number of unbranched alkanes of at least 4 members (excludes halogenated alkanes) is 14. The number of likely N-dealkylation sites (tertiary alicyclic amines) is 1. The SMILES string of the molecule is CCCCC/C=C\C/C=C\CCCCCCCC(=O)OCC(COC(=O)CCC(OCCCCCCC(F)(F)C(F)(F)F)OCCCCCCC(F)(F)C(F)(F)F)COC(=O)OCC1CCCN(CC)C1. The maximum atomic E-state index is 13.2. The van der Waals surface area contributed by atoms with Crippen LogP contribution in [0.3, 0.4) is 0 Å². The van der Waals surface area contributed by atoms with Gasteiger partial charge in [0.15, 0.2) is 6.29 Å². The van der Waals surface area contributed by atoms with E-state index in [0.717, 1.165) is 77.4 Å². The average molecular weight is 1040 g/mol. The van der Waals surface area contributed by atoms with E-state index in [-0.39, 0.29) is 116 Å². The monoisotopic (exact) mass is 1040 g/mol. The summed E-state index contributed by atoms with van der Waals surface area (Å²) in [6.07, 6.45) is 6.29. The summed E-state index contributed by atoms with van der Waals surface area (Å²) in [5, 5.41) is 0. The van der Waals surface area contributed by atoms with Gasteiger partial charge in [0.2, 0.25) is 0 Å². The molecule has 2 unspecified atom stereocenters. The second kappa shape index (κ2) is 38.4. The Morgan fingerprint density at radius 1 is 0.577 bits per heavy atom. The van der Waals surface area contributed by atoms with Gasteiger partial charge < -0.3 is 33.3 Å². The fourth-order valence-electron chi connectivity index (χ4n) is 7.55. The minimum absolute atomic E-state index is 0.0183. The molecular formula is C51H83F10NO9. The lowest BCUT2D eigenvalue weighted by atomic mass is 9.99. The summed E-state index contributed by atoms with van der Waals surface area (Å²) in [4.78, 5) is 40.5. The third-order valence-corrected chi connectivity index (χ3v) is 12.0. The van der Waals surface area contributed by atoms with Crippen molar-refractivity contribution >= 4 is 18.1 Å². The van der Waals surface area contributed by atoms with Crippen molar-refractivity contribution in [2.45, 2.75) is 211 Å². The van der Waals surface area contributed by atoms with Crippen LogP contribution in [0.5, 0.6) is 0 Å². The number of piperidine rings is 1. The second-order valence-corrected chi connectivity index (χ2v) is 18.4. The topological polar surface area (TPSA) is 110 Å². The van der Waals surface area contributed by atoms with Crippen molar-refractivity contribution in [2.75, 3.05) is 59.3 Å². The van der Waals surface area contributed by atoms with Crippen molar-refractivity contribution in [1.82, 2.24) is 4.90 Å². The molecule has 1 heterocycles. The van der Waals surface area contributed by atoms with Gasteiger partial charge in [0, 0.05) is 51.4 Å². The Labute approximate surface area is 415 Å². The van der Waals surface area contributed by atoms with Crippen LogP contribution in [0.15, 0.2) is 24.3 Å². The molecule has 71 heavy (non-hydrogen) atoms. The van der Waals surface area contributed by atoms with Gasteiger partial charge in [0.05, 0.1) is 18.9 Å². The third kappa shape index (κ3) is 34.1. The smallest absolute Gasteiger partial charge is 0.465 e. The maximum Gasteiger partial charge on any atom is 0.508 e. The number of allylic oxidation sites excluding steroid dienone is 4. The molecule has 0 aromatic rings. The number of halogens is 10. The molecule has 0 amide bonds. The van der Waals surface area contributed by atoms with Crippen LogP contribution in [0, 0.1) is 11.8 Å². The third-order valence-electron chi connectivity index (χ3n) is 12.0. The van der Waals surface area contributed by atoms with E-state index in [0.29, 0.717) is 6.42 Å². The maximum absolute atomic E-state index is 13.2. The molecule has 0 aliphatic carbocycles. The fourth-order valence-corrected chi connectivity index (χ4v) is 7.55. The Morgan fingerprint density at radius 3 is 1.62 bits per heavy atom. The average Bonchev–Trinajstić information content (AvgIpc) is 3.31. The molecule has 10 nitrogen and oxygen atoms in total. The van der Waals surface area contributed by atoms with E-state index in [1.165, 1.54) is 19.3 Å². The summed E-state index contributed by atoms with van der Waals surface area (Å²) in [5.41, 5.74) is 0. The van der Waals surface area contributed by atoms with E-state index in [4.69, 9.17) is 28.4 Å². The minimum Gasteiger partial charge on any atom is -0.465 e. The Bertz CT molecular complexity index is 1410. The van der Waals surface area contributed by atoms with Crippen LogP contribution in [0.25, 0.3) is 0 Å². The minimum atomic E-state index is -5.64. The molecule has 0 aromatic heterocycles. The molecule has 20 heteroatoms. The summed E-state index contributed by atoms with van der Waals surface area (Å²) >= 11 is 0. The quantitative estimate of drug-likeness (QED) is 0.0146. The summed E-state index contributed by atoms with van der Waals surface area (Å²) in [6, 6.07) is 0. The summed E-state index contributed by atoms with van der Waals surface area (Å²) in [7, 11) is 0. The highest BCUT2D eigenvalue weighted by molar-refractivity contribution is 5.69. The Morgan fingerprint density at radius 2 is 1.07 bits per heavy atom. The molecule has 0 radical (unpaired) electrons. The molecule has 0 aromatic carbocycles. The van der Waals surface area contributed by atoms with Gasteiger partial charge in [-0.3, -0.25) is 9.59 Å². The van der Waals surface area contributed by atoms with Crippen LogP contribution in [-0.2, 0) is 38.0 Å². The molecule has 0 spiro atoms. The van der Waals surface area contributed by atoms with Gasteiger partial charge in [-0.2, -0.15) is 43.9 Å². The van der Waals surface area contributed by atoms with Crippen LogP contribution in [-0.4, -0.2) is 113 Å². The molecule has 0 saturated carbocycles. The van der Waals surface area contributed by atoms with E-state index < -0.39 is 67.3 Å². The van der Waals surface area contributed by atoms with Gasteiger partial charge >= 0.3 is 42.3 Å². The van der Waals surface area contributed by atoms with Crippen LogP contribution in [0.4, 0.5) is 48.7 Å². The normalized spacial score (nSPS) is 15.8. The summed E-state index contributed by atoms with van der Waals surface area (Å²) < 4.78 is 161. The standard InChI is InChI=1S/C51H83F10NO9/c1-3-5-6-7-8-9-10-11-12-13-14-15-16-17-22-29-44(63)68-39-43(41-71-47(65)70-38-42-28-27-34-62(4-2)37-42)40-69-45(64)30-31-46(66-35-25-20-18-23-32-48(52,53)50(56,57)58)67-36-26-21-19-24-33-49(54,55)51(59,60)61/h8-9,11-12,42-43,46H,3-7,10,13-41H2,1-2H3/b9-8-,12-11-. The van der Waals surface area contributed by atoms with E-state index in [1.807, 2.05) is 0 Å². The first kappa shape index (κ1) is 65.9. The number of alkyl halides is 10. The van der Waals surface area contributed by atoms with E-state index in [1.54, 1.807) is 0 Å². The number of carbonyl (C=O) groups excluding carboxylic acids is 3. The number of rotatable bonds is 42. The highest BCUT2D eigenvalue weighted by atomic mass is 19.4. The van der Waals surface area contributed by atoms with Gasteiger partial charge in [-0.25, -0.2) is 4.79 Å². The molecule has 1 aliphatic heterocycles. The first-order chi connectivity index (χ1) is 33.7. The molecule has 0 bridgehead atoms. The number of nitrogens with zero attached hydrogens (tertiary/aromatic N) is 1. The zero-order chi connectivity index (χ0) is 52.9. The van der Waals surface area contributed by atoms with E-state index in [2.05, 4.69) is 43.1 Å². The van der Waals surface area contributed by atoms with Crippen LogP contribution < -0.4 is 0 Å². The molecule has 1 fully saturated rings. The van der Waals surface area contributed by atoms with Crippen LogP contribution >= 0.6 is 0 Å². The molecule has 2 atom stereocenters. The molecule has 416 valence electrons. The van der Waals surface area contributed by atoms with Crippen molar-refractivity contribution in [3.63, 3.8) is 0 Å². The number of ether oxygens (including phenoxy) is 6. The Kier molecular flexibility index (Phi) is 35.7. The van der Waals surface area contributed by atoms with E-state index >= 15 is 0 Å². The fraction of sp³-hybridized carbons (Fsp3) is 0.863. The van der Waals surface area contributed by atoms with Gasteiger partial charge in [-0.1, -0.05) is 95.9 Å². The van der Waals surface area contributed by atoms with Crippen molar-refractivity contribution in [3.8, 4) is 0 Å². The Hall–Kier alpha value is -3.13. The van der Waals surface area contributed by atoms with Crippen molar-refractivity contribution in [2.24, 2.45) is 11.8 Å². The number of esters is 2. The highest BCUT2D eigenvalue weighted by Crippen LogP contribution is 2.40. The number of hydrogen-bond donors (Lipinski definition) is 0. The van der Waals surface area contributed by atoms with Crippen LogP contribution in [0.1, 0.15) is 181 Å². The summed E-state index contributed by atoms with van der Waals surface area (Å²) in [5.74, 6) is -11.4. The van der Waals surface area contributed by atoms with Gasteiger partial charge in [0.25, 0.3) is 0 Å². The molecule has 1 saturated heterocycles. The second-order valence-electron chi connectivity index (χ2n) is 18.4. The first-order valence-electron chi connectivity index (χ1n) is 26.0. The van der Waals surface area contributed by atoms with Crippen molar-refractivity contribution in [3.05, 3.63) is 24.3 Å². The van der Waals surface area contributed by atoms with E-state index in [9.17, 15) is 58.3 Å². The van der Waals surface area contributed by atoms with Crippen molar-refractivity contribution < 1.29 is 86.7 Å². The molecule has 0 N–H and O–H groups in total. The lowest BCUT2D eigenvalue weighted by Crippen LogP contribution is -2.37. The zero-order valence-corrected chi connectivity index (χ0v) is 42.2. The number of hydrogen-bond acceptors (Lipinski definition) is 10. The largest absolute Gasteiger partial charge is 0.508 e. The molecule has 1 aliphatic rings. The molecule has 1 rings (SSSR count). The lowest BCUT2D eigenvalue weighted by molar-refractivity contribution is -0.284. The van der Waals surface area contributed by atoms with Gasteiger partial charge in [-0.05, 0) is 90.1 Å². The summed E-state index contributed by atoms with van der Waals surface area (Å²) in [6.45, 7) is 6.23. The first-order valence-corrected chi connectivity index (χ1v) is 26.0. The van der Waals surface area contributed by atoms with Gasteiger partial charge in [0.1, 0.15) is 19.8 Å².